The van der Waals surface area contributed by atoms with E-state index in [9.17, 15) is 14.4 Å². The van der Waals surface area contributed by atoms with Crippen molar-refractivity contribution in [3.05, 3.63) is 45.5 Å². The summed E-state index contributed by atoms with van der Waals surface area (Å²) < 4.78 is 10.6. The highest BCUT2D eigenvalue weighted by molar-refractivity contribution is 7.99. The van der Waals surface area contributed by atoms with Crippen LogP contribution in [0.3, 0.4) is 0 Å². The number of ketones is 1. The van der Waals surface area contributed by atoms with E-state index < -0.39 is 12.0 Å². The van der Waals surface area contributed by atoms with E-state index in [0.29, 0.717) is 17.1 Å². The number of amides is 1. The lowest BCUT2D eigenvalue weighted by molar-refractivity contribution is -0.152. The molecule has 1 amide bonds. The second-order valence-electron chi connectivity index (χ2n) is 6.00. The van der Waals surface area contributed by atoms with E-state index in [1.807, 2.05) is 13.8 Å². The number of carbonyl (C=O) groups excluding carboxylic acids is 3. The Bertz CT molecular complexity index is 827. The zero-order chi connectivity index (χ0) is 18.8. The first kappa shape index (κ1) is 18.7. The molecule has 0 N–H and O–H groups in total. The SMILES string of the molecule is CC(=O)N1[C@H](C(=O)OCC(=O)c2cc(C)sc2C)CS[C@H]1c1ccco1. The largest absolute Gasteiger partial charge is 0.466 e. The van der Waals surface area contributed by atoms with Crippen molar-refractivity contribution in [1.82, 2.24) is 4.90 Å². The van der Waals surface area contributed by atoms with Crippen molar-refractivity contribution in [2.24, 2.45) is 0 Å². The third-order valence-electron chi connectivity index (χ3n) is 4.11. The van der Waals surface area contributed by atoms with Crippen molar-refractivity contribution in [2.45, 2.75) is 32.2 Å². The van der Waals surface area contributed by atoms with E-state index in [1.165, 1.54) is 41.2 Å². The summed E-state index contributed by atoms with van der Waals surface area (Å²) in [5.74, 6) is -0.0355. The molecule has 1 saturated heterocycles. The van der Waals surface area contributed by atoms with Gasteiger partial charge >= 0.3 is 5.97 Å². The van der Waals surface area contributed by atoms with Gasteiger partial charge in [-0.15, -0.1) is 23.1 Å². The number of hydrogen-bond donors (Lipinski definition) is 0. The molecule has 0 aliphatic carbocycles. The molecule has 2 aromatic rings. The van der Waals surface area contributed by atoms with Crippen molar-refractivity contribution in [2.75, 3.05) is 12.4 Å². The number of nitrogens with zero attached hydrogens (tertiary/aromatic N) is 1. The molecule has 0 unspecified atom stereocenters. The monoisotopic (exact) mass is 393 g/mol. The Morgan fingerprint density at radius 3 is 2.69 bits per heavy atom. The van der Waals surface area contributed by atoms with Crippen LogP contribution < -0.4 is 0 Å². The molecule has 1 fully saturated rings. The zero-order valence-electron chi connectivity index (χ0n) is 14.7. The van der Waals surface area contributed by atoms with E-state index >= 15 is 0 Å². The van der Waals surface area contributed by atoms with Crippen molar-refractivity contribution in [3.8, 4) is 0 Å². The van der Waals surface area contributed by atoms with E-state index in [4.69, 9.17) is 9.15 Å². The van der Waals surface area contributed by atoms with E-state index in [2.05, 4.69) is 0 Å². The predicted octanol–water partition coefficient (Wildman–Crippen LogP) is 3.35. The molecule has 1 aliphatic rings. The van der Waals surface area contributed by atoms with Crippen LogP contribution in [0.25, 0.3) is 0 Å². The first-order chi connectivity index (χ1) is 12.4. The van der Waals surface area contributed by atoms with Gasteiger partial charge in [0.15, 0.2) is 6.61 Å². The van der Waals surface area contributed by atoms with Gasteiger partial charge < -0.3 is 14.1 Å². The number of carbonyl (C=O) groups is 3. The van der Waals surface area contributed by atoms with Gasteiger partial charge in [-0.25, -0.2) is 4.79 Å². The summed E-state index contributed by atoms with van der Waals surface area (Å²) in [4.78, 5) is 40.3. The molecule has 8 heteroatoms. The van der Waals surface area contributed by atoms with Crippen LogP contribution in [0.1, 0.15) is 38.2 Å². The smallest absolute Gasteiger partial charge is 0.330 e. The summed E-state index contributed by atoms with van der Waals surface area (Å²) in [7, 11) is 0. The number of Topliss-reactive ketones (excluding diaryl/α,β-unsaturated/α-hetero) is 1. The van der Waals surface area contributed by atoms with E-state index in [-0.39, 0.29) is 23.7 Å². The lowest BCUT2D eigenvalue weighted by Crippen LogP contribution is -2.43. The quantitative estimate of drug-likeness (QED) is 0.573. The number of thiophene rings is 1. The number of furan rings is 1. The third kappa shape index (κ3) is 3.71. The highest BCUT2D eigenvalue weighted by Crippen LogP contribution is 2.41. The van der Waals surface area contributed by atoms with Gasteiger partial charge in [0.2, 0.25) is 11.7 Å². The highest BCUT2D eigenvalue weighted by Gasteiger charge is 2.43. The first-order valence-electron chi connectivity index (χ1n) is 8.09. The average Bonchev–Trinajstić information content (AvgIpc) is 3.30. The zero-order valence-corrected chi connectivity index (χ0v) is 16.3. The van der Waals surface area contributed by atoms with Crippen molar-refractivity contribution in [1.29, 1.82) is 0 Å². The summed E-state index contributed by atoms with van der Waals surface area (Å²) in [6, 6.07) is 4.58. The summed E-state index contributed by atoms with van der Waals surface area (Å²) in [5, 5.41) is -0.363. The molecule has 3 heterocycles. The number of esters is 1. The van der Waals surface area contributed by atoms with Crippen molar-refractivity contribution < 1.29 is 23.5 Å². The fourth-order valence-corrected chi connectivity index (χ4v) is 5.30. The second-order valence-corrected chi connectivity index (χ2v) is 8.57. The molecule has 26 heavy (non-hydrogen) atoms. The Hall–Kier alpha value is -2.06. The third-order valence-corrected chi connectivity index (χ3v) is 6.36. The van der Waals surface area contributed by atoms with Crippen LogP contribution in [0, 0.1) is 13.8 Å². The molecule has 0 bridgehead atoms. The van der Waals surface area contributed by atoms with Crippen molar-refractivity contribution in [3.63, 3.8) is 0 Å². The van der Waals surface area contributed by atoms with Crippen LogP contribution in [0.5, 0.6) is 0 Å². The molecule has 3 rings (SSSR count). The van der Waals surface area contributed by atoms with Gasteiger partial charge in [0.05, 0.1) is 6.26 Å². The molecule has 138 valence electrons. The van der Waals surface area contributed by atoms with Crippen LogP contribution in [-0.4, -0.2) is 41.0 Å². The summed E-state index contributed by atoms with van der Waals surface area (Å²) in [6.07, 6.45) is 1.53. The molecule has 1 aliphatic heterocycles. The standard InChI is InChI=1S/C18H19NO5S2/c1-10-7-13(11(2)26-10)15(21)8-24-18(22)14-9-25-17(19(14)12(3)20)16-5-4-6-23-16/h4-7,14,17H,8-9H2,1-3H3/t14-,17-/m0/s1. The maximum absolute atomic E-state index is 12.5. The Kier molecular flexibility index (Phi) is 5.52. The molecular weight excluding hydrogens is 374 g/mol. The number of hydrogen-bond acceptors (Lipinski definition) is 7. The number of thioether (sulfide) groups is 1. The molecule has 0 aromatic carbocycles. The van der Waals surface area contributed by atoms with Gasteiger partial charge in [0.25, 0.3) is 0 Å². The van der Waals surface area contributed by atoms with Gasteiger partial charge in [-0.05, 0) is 32.0 Å². The molecular formula is C18H19NO5S2. The van der Waals surface area contributed by atoms with Gasteiger partial charge in [-0.2, -0.15) is 0 Å². The molecule has 0 radical (unpaired) electrons. The van der Waals surface area contributed by atoms with E-state index in [1.54, 1.807) is 18.2 Å². The van der Waals surface area contributed by atoms with Gasteiger partial charge in [-0.3, -0.25) is 9.59 Å². The lowest BCUT2D eigenvalue weighted by atomic mass is 10.2. The number of aryl methyl sites for hydroxylation is 2. The molecule has 2 atom stereocenters. The van der Waals surface area contributed by atoms with Crippen LogP contribution >= 0.6 is 23.1 Å². The highest BCUT2D eigenvalue weighted by atomic mass is 32.2. The Morgan fingerprint density at radius 2 is 2.12 bits per heavy atom. The summed E-state index contributed by atoms with van der Waals surface area (Å²) in [6.45, 7) is 4.88. The van der Waals surface area contributed by atoms with Crippen molar-refractivity contribution >= 4 is 40.8 Å². The minimum atomic E-state index is -0.731. The van der Waals surface area contributed by atoms with Crippen LogP contribution in [-0.2, 0) is 14.3 Å². The van der Waals surface area contributed by atoms with Crippen LogP contribution in [0.2, 0.25) is 0 Å². The molecule has 2 aromatic heterocycles. The minimum absolute atomic E-state index is 0.234. The summed E-state index contributed by atoms with van der Waals surface area (Å²) in [5.41, 5.74) is 0.581. The topological polar surface area (TPSA) is 76.8 Å². The maximum atomic E-state index is 12.5. The number of rotatable bonds is 5. The average molecular weight is 393 g/mol. The van der Waals surface area contributed by atoms with Crippen LogP contribution in [0.15, 0.2) is 28.9 Å². The van der Waals surface area contributed by atoms with E-state index in [0.717, 1.165) is 9.75 Å². The van der Waals surface area contributed by atoms with Gasteiger partial charge in [0, 0.05) is 28.0 Å². The summed E-state index contributed by atoms with van der Waals surface area (Å²) >= 11 is 2.97. The second kappa shape index (κ2) is 7.67. The Balaban J connectivity index is 1.66. The normalized spacial score (nSPS) is 19.6. The van der Waals surface area contributed by atoms with Gasteiger partial charge in [-0.1, -0.05) is 0 Å². The lowest BCUT2D eigenvalue weighted by Gasteiger charge is -2.25. The molecule has 0 spiro atoms. The van der Waals surface area contributed by atoms with Gasteiger partial charge in [0.1, 0.15) is 17.2 Å². The Labute approximate surface area is 159 Å². The molecule has 0 saturated carbocycles. The maximum Gasteiger partial charge on any atom is 0.330 e. The fourth-order valence-electron chi connectivity index (χ4n) is 2.94. The molecule has 6 nitrogen and oxygen atoms in total. The predicted molar refractivity (Wildman–Crippen MR) is 99.3 cm³/mol. The fraction of sp³-hybridized carbons (Fsp3) is 0.389. The Morgan fingerprint density at radius 1 is 1.35 bits per heavy atom. The minimum Gasteiger partial charge on any atom is -0.466 e. The first-order valence-corrected chi connectivity index (χ1v) is 9.95. The number of ether oxygens (including phenoxy) is 1. The van der Waals surface area contributed by atoms with Crippen LogP contribution in [0.4, 0.5) is 0 Å².